The highest BCUT2D eigenvalue weighted by Gasteiger charge is 2.33. The number of hydrogen-bond acceptors (Lipinski definition) is 8. The van der Waals surface area contributed by atoms with Gasteiger partial charge in [0, 0.05) is 6.07 Å². The smallest absolute Gasteiger partial charge is 0.338 e. The number of benzene rings is 2. The van der Waals surface area contributed by atoms with Crippen molar-refractivity contribution in [1.82, 2.24) is 4.57 Å². The summed E-state index contributed by atoms with van der Waals surface area (Å²) in [6, 6.07) is 9.93. The van der Waals surface area contributed by atoms with E-state index in [4.69, 9.17) is 30.5 Å². The summed E-state index contributed by atoms with van der Waals surface area (Å²) in [5.41, 5.74) is 1.81. The van der Waals surface area contributed by atoms with E-state index in [-0.39, 0.29) is 19.0 Å². The van der Waals surface area contributed by atoms with E-state index in [1.54, 1.807) is 51.3 Å². The average molecular weight is 513 g/mol. The summed E-state index contributed by atoms with van der Waals surface area (Å²) >= 11 is 7.66. The van der Waals surface area contributed by atoms with Gasteiger partial charge in [0.05, 0.1) is 40.6 Å². The van der Waals surface area contributed by atoms with Gasteiger partial charge in [-0.2, -0.15) is 0 Å². The summed E-state index contributed by atoms with van der Waals surface area (Å²) in [4.78, 5) is 31.7. The van der Waals surface area contributed by atoms with Crippen LogP contribution in [-0.2, 0) is 9.53 Å². The quantitative estimate of drug-likeness (QED) is 0.488. The number of allylic oxidation sites excluding steroid dienone is 1. The Labute approximate surface area is 209 Å². The van der Waals surface area contributed by atoms with Gasteiger partial charge in [0.1, 0.15) is 5.75 Å². The zero-order valence-corrected chi connectivity index (χ0v) is 20.7. The predicted octanol–water partition coefficient (Wildman–Crippen LogP) is 3.19. The molecule has 0 spiro atoms. The Morgan fingerprint density at radius 3 is 2.80 bits per heavy atom. The lowest BCUT2D eigenvalue weighted by Gasteiger charge is -2.25. The molecular weight excluding hydrogens is 492 g/mol. The van der Waals surface area contributed by atoms with Crippen molar-refractivity contribution in [3.63, 3.8) is 0 Å². The fourth-order valence-corrected chi connectivity index (χ4v) is 5.35. The minimum atomic E-state index is -0.727. The molecule has 5 rings (SSSR count). The molecule has 0 aliphatic carbocycles. The summed E-state index contributed by atoms with van der Waals surface area (Å²) in [5, 5.41) is 0.424. The molecular formula is C25H21ClN2O6S. The third kappa shape index (κ3) is 4.11. The van der Waals surface area contributed by atoms with E-state index in [2.05, 4.69) is 4.99 Å². The maximum absolute atomic E-state index is 13.7. The number of esters is 1. The largest absolute Gasteiger partial charge is 0.497 e. The molecule has 0 amide bonds. The molecule has 0 saturated heterocycles. The van der Waals surface area contributed by atoms with Crippen LogP contribution in [0.5, 0.6) is 17.2 Å². The van der Waals surface area contributed by atoms with Crippen molar-refractivity contribution in [3.05, 3.63) is 83.5 Å². The van der Waals surface area contributed by atoms with Crippen molar-refractivity contribution >= 4 is 35.0 Å². The second-order valence-corrected chi connectivity index (χ2v) is 9.22. The molecule has 2 aromatic carbocycles. The Hall–Kier alpha value is -3.56. The molecule has 2 aliphatic rings. The normalized spacial score (nSPS) is 16.7. The molecule has 0 saturated carbocycles. The van der Waals surface area contributed by atoms with Crippen LogP contribution < -0.4 is 29.1 Å². The maximum atomic E-state index is 13.7. The van der Waals surface area contributed by atoms with Gasteiger partial charge in [0.25, 0.3) is 5.56 Å². The fraction of sp³-hybridized carbons (Fsp3) is 0.240. The Balaban J connectivity index is 1.72. The van der Waals surface area contributed by atoms with Gasteiger partial charge >= 0.3 is 5.97 Å². The lowest BCUT2D eigenvalue weighted by molar-refractivity contribution is -0.139. The molecule has 0 unspecified atom stereocenters. The molecule has 2 aliphatic heterocycles. The van der Waals surface area contributed by atoms with Crippen LogP contribution in [0.25, 0.3) is 6.08 Å². The van der Waals surface area contributed by atoms with Crippen molar-refractivity contribution in [2.24, 2.45) is 4.99 Å². The summed E-state index contributed by atoms with van der Waals surface area (Å²) in [6.07, 6.45) is 1.69. The van der Waals surface area contributed by atoms with Crippen LogP contribution in [0.15, 0.2) is 57.5 Å². The zero-order chi connectivity index (χ0) is 24.7. The number of fused-ring (bicyclic) bond motifs is 2. The Morgan fingerprint density at radius 1 is 1.29 bits per heavy atom. The second kappa shape index (κ2) is 9.24. The Morgan fingerprint density at radius 2 is 2.06 bits per heavy atom. The van der Waals surface area contributed by atoms with Gasteiger partial charge in [-0.05, 0) is 49.2 Å². The summed E-state index contributed by atoms with van der Waals surface area (Å²) in [6.45, 7) is 3.80. The van der Waals surface area contributed by atoms with Crippen molar-refractivity contribution < 1.29 is 23.7 Å². The molecule has 1 atom stereocenters. The number of ether oxygens (including phenoxy) is 4. The van der Waals surface area contributed by atoms with Crippen LogP contribution in [0.4, 0.5) is 0 Å². The van der Waals surface area contributed by atoms with Gasteiger partial charge in [-0.15, -0.1) is 0 Å². The summed E-state index contributed by atoms with van der Waals surface area (Å²) < 4.78 is 23.5. The second-order valence-electron chi connectivity index (χ2n) is 7.81. The van der Waals surface area contributed by atoms with E-state index in [1.165, 1.54) is 15.9 Å². The number of aromatic nitrogens is 1. The SMILES string of the molecule is CCOC(=O)C1=C(C)N=c2s/c(=C/c3cc4c(cc3Cl)OCO4)c(=O)n2[C@H]1c1cccc(OC)c1. The van der Waals surface area contributed by atoms with Crippen LogP contribution in [0, 0.1) is 0 Å². The molecule has 10 heteroatoms. The molecule has 3 aromatic rings. The third-order valence-electron chi connectivity index (χ3n) is 5.71. The molecule has 0 N–H and O–H groups in total. The molecule has 8 nitrogen and oxygen atoms in total. The number of rotatable bonds is 5. The van der Waals surface area contributed by atoms with Crippen LogP contribution in [0.1, 0.15) is 31.0 Å². The number of halogens is 1. The molecule has 180 valence electrons. The summed E-state index contributed by atoms with van der Waals surface area (Å²) in [7, 11) is 1.56. The van der Waals surface area contributed by atoms with E-state index in [0.717, 1.165) is 0 Å². The van der Waals surface area contributed by atoms with Gasteiger partial charge in [-0.1, -0.05) is 35.1 Å². The van der Waals surface area contributed by atoms with E-state index >= 15 is 0 Å². The Bertz CT molecular complexity index is 1550. The first-order valence-corrected chi connectivity index (χ1v) is 12.0. The van der Waals surface area contributed by atoms with Gasteiger partial charge in [-0.3, -0.25) is 9.36 Å². The topological polar surface area (TPSA) is 88.4 Å². The maximum Gasteiger partial charge on any atom is 0.338 e. The highest BCUT2D eigenvalue weighted by molar-refractivity contribution is 7.07. The van der Waals surface area contributed by atoms with Gasteiger partial charge < -0.3 is 18.9 Å². The van der Waals surface area contributed by atoms with Crippen molar-refractivity contribution in [1.29, 1.82) is 0 Å². The highest BCUT2D eigenvalue weighted by atomic mass is 35.5. The zero-order valence-electron chi connectivity index (χ0n) is 19.2. The van der Waals surface area contributed by atoms with Crippen LogP contribution in [0.3, 0.4) is 0 Å². The Kier molecular flexibility index (Phi) is 6.12. The lowest BCUT2D eigenvalue weighted by atomic mass is 9.95. The molecule has 0 bridgehead atoms. The minimum absolute atomic E-state index is 0.119. The van der Waals surface area contributed by atoms with E-state index in [1.807, 2.05) is 12.1 Å². The fourth-order valence-electron chi connectivity index (χ4n) is 4.10. The lowest BCUT2D eigenvalue weighted by Crippen LogP contribution is -2.39. The first-order valence-electron chi connectivity index (χ1n) is 10.8. The summed E-state index contributed by atoms with van der Waals surface area (Å²) in [5.74, 6) is 1.20. The van der Waals surface area contributed by atoms with Gasteiger partial charge in [0.15, 0.2) is 16.3 Å². The number of thiazole rings is 1. The predicted molar refractivity (Wildman–Crippen MR) is 131 cm³/mol. The van der Waals surface area contributed by atoms with Crippen LogP contribution in [-0.4, -0.2) is 31.0 Å². The first-order chi connectivity index (χ1) is 16.9. The number of methoxy groups -OCH3 is 1. The van der Waals surface area contributed by atoms with Crippen LogP contribution >= 0.6 is 22.9 Å². The monoisotopic (exact) mass is 512 g/mol. The van der Waals surface area contributed by atoms with Crippen molar-refractivity contribution in [3.8, 4) is 17.2 Å². The number of carbonyl (C=O) groups is 1. The molecule has 0 radical (unpaired) electrons. The molecule has 3 heterocycles. The van der Waals surface area contributed by atoms with Crippen molar-refractivity contribution in [2.75, 3.05) is 20.5 Å². The standard InChI is InChI=1S/C25H21ClN2O6S/c1-4-32-24(30)21-13(2)27-25-28(22(21)14-6-5-7-16(8-14)31-3)23(29)20(35-25)10-15-9-18-19(11-17(15)26)34-12-33-18/h5-11,22H,4,12H2,1-3H3/b20-10+/t22-/m0/s1. The molecule has 0 fully saturated rings. The average Bonchev–Trinajstić information content (AvgIpc) is 3.42. The van der Waals surface area contributed by atoms with Crippen LogP contribution in [0.2, 0.25) is 5.02 Å². The molecule has 35 heavy (non-hydrogen) atoms. The number of hydrogen-bond donors (Lipinski definition) is 0. The number of carbonyl (C=O) groups excluding carboxylic acids is 1. The van der Waals surface area contributed by atoms with Gasteiger partial charge in [0.2, 0.25) is 6.79 Å². The first kappa shape index (κ1) is 23.2. The minimum Gasteiger partial charge on any atom is -0.497 e. The van der Waals surface area contributed by atoms with E-state index in [0.29, 0.717) is 54.0 Å². The molecule has 1 aromatic heterocycles. The number of nitrogens with zero attached hydrogens (tertiary/aromatic N) is 2. The third-order valence-corrected chi connectivity index (χ3v) is 7.02. The van der Waals surface area contributed by atoms with Gasteiger partial charge in [-0.25, -0.2) is 9.79 Å². The van der Waals surface area contributed by atoms with E-state index < -0.39 is 12.0 Å². The van der Waals surface area contributed by atoms with Crippen molar-refractivity contribution in [2.45, 2.75) is 19.9 Å². The van der Waals surface area contributed by atoms with E-state index in [9.17, 15) is 9.59 Å². The highest BCUT2D eigenvalue weighted by Crippen LogP contribution is 2.37.